The molecule has 4 rings (SSSR count). The van der Waals surface area contributed by atoms with Crippen molar-refractivity contribution >= 4 is 29.9 Å². The first-order valence-electron chi connectivity index (χ1n) is 9.77. The van der Waals surface area contributed by atoms with Gasteiger partial charge in [0, 0.05) is 11.1 Å². The van der Waals surface area contributed by atoms with Crippen molar-refractivity contribution in [1.82, 2.24) is 25.2 Å². The van der Waals surface area contributed by atoms with Crippen LogP contribution in [-0.2, 0) is 0 Å². The van der Waals surface area contributed by atoms with E-state index < -0.39 is 0 Å². The number of piperidine rings is 1. The predicted molar refractivity (Wildman–Crippen MR) is 112 cm³/mol. The summed E-state index contributed by atoms with van der Waals surface area (Å²) in [4.78, 5) is 15.4. The second kappa shape index (κ2) is 8.80. The molecule has 2 aliphatic rings. The SMILES string of the molecule is Cc1c(C(=O)N(C2CC2)C(C)c2ccc(Cl)cc2)nnn1C1CCNCC1.Cl. The highest BCUT2D eigenvalue weighted by Gasteiger charge is 2.38. The minimum Gasteiger partial charge on any atom is -0.327 e. The Bertz CT molecular complexity index is 813. The Morgan fingerprint density at radius 1 is 1.21 bits per heavy atom. The number of amides is 1. The standard InChI is InChI=1S/C20H26ClN5O.ClH/c1-13(15-3-5-16(21)6-4-15)25(17-7-8-17)20(27)19-14(2)26(24-23-19)18-9-11-22-12-10-18;/h3-6,13,17-18,22H,7-12H2,1-2H3;1H. The second-order valence-electron chi connectivity index (χ2n) is 7.62. The van der Waals surface area contributed by atoms with E-state index in [4.69, 9.17) is 11.6 Å². The van der Waals surface area contributed by atoms with Crippen LogP contribution in [-0.4, -0.2) is 44.9 Å². The molecule has 0 radical (unpaired) electrons. The van der Waals surface area contributed by atoms with E-state index in [1.807, 2.05) is 40.8 Å². The smallest absolute Gasteiger partial charge is 0.277 e. The van der Waals surface area contributed by atoms with E-state index in [9.17, 15) is 4.79 Å². The minimum absolute atomic E-state index is 0. The van der Waals surface area contributed by atoms with Crippen LogP contribution in [0, 0.1) is 6.92 Å². The first-order chi connectivity index (χ1) is 13.1. The van der Waals surface area contributed by atoms with Gasteiger partial charge >= 0.3 is 0 Å². The molecular formula is C20H27Cl2N5O. The number of aromatic nitrogens is 3. The topological polar surface area (TPSA) is 63.1 Å². The van der Waals surface area contributed by atoms with Gasteiger partial charge in [0.2, 0.25) is 0 Å². The molecule has 0 spiro atoms. The molecule has 2 aromatic rings. The summed E-state index contributed by atoms with van der Waals surface area (Å²) in [7, 11) is 0. The number of benzene rings is 1. The van der Waals surface area contributed by atoms with E-state index in [-0.39, 0.29) is 30.4 Å². The highest BCUT2D eigenvalue weighted by molar-refractivity contribution is 6.30. The van der Waals surface area contributed by atoms with Crippen LogP contribution in [0.3, 0.4) is 0 Å². The van der Waals surface area contributed by atoms with Crippen LogP contribution in [0.15, 0.2) is 24.3 Å². The van der Waals surface area contributed by atoms with Crippen molar-refractivity contribution < 1.29 is 4.79 Å². The van der Waals surface area contributed by atoms with Gasteiger partial charge in [0.1, 0.15) is 0 Å². The molecule has 6 nitrogen and oxygen atoms in total. The maximum atomic E-state index is 13.4. The number of carbonyl (C=O) groups is 1. The summed E-state index contributed by atoms with van der Waals surface area (Å²) in [5, 5.41) is 12.7. The van der Waals surface area contributed by atoms with Crippen LogP contribution in [0.4, 0.5) is 0 Å². The third-order valence-corrected chi connectivity index (χ3v) is 5.98. The molecule has 2 heterocycles. The minimum atomic E-state index is -0.0225. The average molecular weight is 424 g/mol. The number of halogens is 2. The summed E-state index contributed by atoms with van der Waals surface area (Å²) in [6.07, 6.45) is 4.13. The molecule has 1 aromatic heterocycles. The molecule has 1 unspecified atom stereocenters. The lowest BCUT2D eigenvalue weighted by molar-refractivity contribution is 0.0667. The zero-order valence-corrected chi connectivity index (χ0v) is 17.8. The third kappa shape index (κ3) is 4.19. The highest BCUT2D eigenvalue weighted by Crippen LogP contribution is 2.36. The summed E-state index contributed by atoms with van der Waals surface area (Å²) >= 11 is 6.02. The van der Waals surface area contributed by atoms with Gasteiger partial charge in [0.05, 0.1) is 17.8 Å². The normalized spacial score (nSPS) is 18.4. The fourth-order valence-electron chi connectivity index (χ4n) is 3.97. The number of hydrogen-bond donors (Lipinski definition) is 1. The number of carbonyl (C=O) groups excluding carboxylic acids is 1. The molecule has 1 atom stereocenters. The van der Waals surface area contributed by atoms with E-state index >= 15 is 0 Å². The average Bonchev–Trinajstić information content (AvgIpc) is 3.44. The van der Waals surface area contributed by atoms with Gasteiger partial charge in [0.15, 0.2) is 5.69 Å². The van der Waals surface area contributed by atoms with Crippen LogP contribution < -0.4 is 5.32 Å². The summed E-state index contributed by atoms with van der Waals surface area (Å²) < 4.78 is 1.95. The van der Waals surface area contributed by atoms with Crippen molar-refractivity contribution in [3.05, 3.63) is 46.2 Å². The van der Waals surface area contributed by atoms with Gasteiger partial charge < -0.3 is 10.2 Å². The molecule has 28 heavy (non-hydrogen) atoms. The Hall–Kier alpha value is -1.63. The van der Waals surface area contributed by atoms with Gasteiger partial charge in [-0.1, -0.05) is 28.9 Å². The maximum absolute atomic E-state index is 13.4. The zero-order chi connectivity index (χ0) is 19.0. The third-order valence-electron chi connectivity index (χ3n) is 5.73. The fraction of sp³-hybridized carbons (Fsp3) is 0.550. The molecule has 1 N–H and O–H groups in total. The largest absolute Gasteiger partial charge is 0.327 e. The highest BCUT2D eigenvalue weighted by atomic mass is 35.5. The lowest BCUT2D eigenvalue weighted by Crippen LogP contribution is -2.36. The van der Waals surface area contributed by atoms with Crippen molar-refractivity contribution in [2.45, 2.75) is 57.7 Å². The molecule has 0 bridgehead atoms. The van der Waals surface area contributed by atoms with E-state index in [0.717, 1.165) is 50.0 Å². The van der Waals surface area contributed by atoms with E-state index in [2.05, 4.69) is 22.6 Å². The number of rotatable bonds is 5. The second-order valence-corrected chi connectivity index (χ2v) is 8.06. The van der Waals surface area contributed by atoms with Crippen molar-refractivity contribution in [1.29, 1.82) is 0 Å². The van der Waals surface area contributed by atoms with Crippen molar-refractivity contribution in [2.24, 2.45) is 0 Å². The van der Waals surface area contributed by atoms with Crippen LogP contribution in [0.25, 0.3) is 0 Å². The molecule has 1 aliphatic carbocycles. The Morgan fingerprint density at radius 2 is 1.86 bits per heavy atom. The van der Waals surface area contributed by atoms with Gasteiger partial charge in [-0.25, -0.2) is 4.68 Å². The lowest BCUT2D eigenvalue weighted by atomic mass is 10.1. The first-order valence-corrected chi connectivity index (χ1v) is 10.1. The van der Waals surface area contributed by atoms with Gasteiger partial charge in [-0.15, -0.1) is 17.5 Å². The molecule has 152 valence electrons. The lowest BCUT2D eigenvalue weighted by Gasteiger charge is -2.29. The fourth-order valence-corrected chi connectivity index (χ4v) is 4.10. The summed E-state index contributed by atoms with van der Waals surface area (Å²) in [6, 6.07) is 8.33. The number of hydrogen-bond acceptors (Lipinski definition) is 4. The molecule has 1 aromatic carbocycles. The summed E-state index contributed by atoms with van der Waals surface area (Å²) in [5.74, 6) is -0.0161. The number of nitrogens with zero attached hydrogens (tertiary/aromatic N) is 4. The van der Waals surface area contributed by atoms with Crippen LogP contribution in [0.5, 0.6) is 0 Å². The Kier molecular flexibility index (Phi) is 6.63. The quantitative estimate of drug-likeness (QED) is 0.790. The molecule has 1 amide bonds. The molecule has 1 aliphatic heterocycles. The van der Waals surface area contributed by atoms with Gasteiger partial charge in [-0.05, 0) is 70.3 Å². The van der Waals surface area contributed by atoms with Crippen molar-refractivity contribution in [3.63, 3.8) is 0 Å². The van der Waals surface area contributed by atoms with E-state index in [0.29, 0.717) is 16.8 Å². The van der Waals surface area contributed by atoms with Crippen LogP contribution in [0.2, 0.25) is 5.02 Å². The van der Waals surface area contributed by atoms with Crippen LogP contribution >= 0.6 is 24.0 Å². The van der Waals surface area contributed by atoms with E-state index in [1.54, 1.807) is 0 Å². The maximum Gasteiger partial charge on any atom is 0.277 e. The van der Waals surface area contributed by atoms with Crippen LogP contribution in [0.1, 0.15) is 66.4 Å². The van der Waals surface area contributed by atoms with Gasteiger partial charge in [-0.3, -0.25) is 4.79 Å². The monoisotopic (exact) mass is 423 g/mol. The van der Waals surface area contributed by atoms with E-state index in [1.165, 1.54) is 0 Å². The molecule has 1 saturated heterocycles. The van der Waals surface area contributed by atoms with Gasteiger partial charge in [-0.2, -0.15) is 0 Å². The summed E-state index contributed by atoms with van der Waals surface area (Å²) in [5.41, 5.74) is 2.45. The van der Waals surface area contributed by atoms with Crippen molar-refractivity contribution in [3.8, 4) is 0 Å². The Labute approximate surface area is 177 Å². The Morgan fingerprint density at radius 3 is 2.46 bits per heavy atom. The first kappa shape index (κ1) is 21.1. The summed E-state index contributed by atoms with van der Waals surface area (Å²) in [6.45, 7) is 6.00. The van der Waals surface area contributed by atoms with Crippen molar-refractivity contribution in [2.75, 3.05) is 13.1 Å². The molecule has 2 fully saturated rings. The molecular weight excluding hydrogens is 397 g/mol. The Balaban J connectivity index is 0.00000225. The molecule has 1 saturated carbocycles. The predicted octanol–water partition coefficient (Wildman–Crippen LogP) is 3.95. The number of nitrogens with one attached hydrogen (secondary N) is 1. The van der Waals surface area contributed by atoms with Gasteiger partial charge in [0.25, 0.3) is 5.91 Å². The molecule has 8 heteroatoms. The zero-order valence-electron chi connectivity index (χ0n) is 16.3.